The van der Waals surface area contributed by atoms with Gasteiger partial charge < -0.3 is 9.88 Å². The van der Waals surface area contributed by atoms with E-state index in [1.165, 1.54) is 11.1 Å². The number of hydrogen-bond acceptors (Lipinski definition) is 3. The Hall–Kier alpha value is -1.86. The van der Waals surface area contributed by atoms with Crippen LogP contribution in [-0.4, -0.2) is 22.1 Å². The average molecular weight is 270 g/mol. The number of nitrogens with zero attached hydrogens (tertiary/aromatic N) is 3. The van der Waals surface area contributed by atoms with Crippen LogP contribution >= 0.6 is 0 Å². The molecule has 1 N–H and O–H groups in total. The molecule has 1 aromatic heterocycles. The molecule has 0 radical (unpaired) electrons. The van der Waals surface area contributed by atoms with Gasteiger partial charge in [0.1, 0.15) is 5.54 Å². The van der Waals surface area contributed by atoms with Gasteiger partial charge in [-0.1, -0.05) is 0 Å². The highest BCUT2D eigenvalue weighted by Gasteiger charge is 2.25. The van der Waals surface area contributed by atoms with E-state index >= 15 is 0 Å². The fourth-order valence-electron chi connectivity index (χ4n) is 2.53. The number of nitrogens with one attached hydrogen (secondary N) is 1. The number of hydrogen-bond donors (Lipinski definition) is 1. The molecule has 0 aliphatic heterocycles. The third-order valence-electron chi connectivity index (χ3n) is 4.17. The molecule has 0 spiro atoms. The van der Waals surface area contributed by atoms with Crippen molar-refractivity contribution in [3.63, 3.8) is 0 Å². The number of nitriles is 1. The highest BCUT2D eigenvalue weighted by atomic mass is 15.1. The Labute approximate surface area is 120 Å². The third kappa shape index (κ3) is 2.54. The molecule has 2 aromatic rings. The van der Waals surface area contributed by atoms with Crippen LogP contribution in [0.3, 0.4) is 0 Å². The van der Waals surface area contributed by atoms with Gasteiger partial charge in [0, 0.05) is 6.04 Å². The Morgan fingerprint density at radius 2 is 2.05 bits per heavy atom. The predicted octanol–water partition coefficient (Wildman–Crippen LogP) is 3.11. The second-order valence-electron chi connectivity index (χ2n) is 5.82. The monoisotopic (exact) mass is 270 g/mol. The minimum absolute atomic E-state index is 0.208. The quantitative estimate of drug-likeness (QED) is 0.928. The predicted molar refractivity (Wildman–Crippen MR) is 81.6 cm³/mol. The van der Waals surface area contributed by atoms with Gasteiger partial charge in [0.05, 0.1) is 23.4 Å². The van der Waals surface area contributed by atoms with Crippen LogP contribution in [-0.2, 0) is 0 Å². The van der Waals surface area contributed by atoms with Gasteiger partial charge in [-0.25, -0.2) is 4.98 Å². The van der Waals surface area contributed by atoms with Crippen molar-refractivity contribution in [1.29, 1.82) is 5.26 Å². The molecule has 0 aliphatic rings. The van der Waals surface area contributed by atoms with E-state index in [1.54, 1.807) is 0 Å². The van der Waals surface area contributed by atoms with Gasteiger partial charge in [-0.2, -0.15) is 5.26 Å². The van der Waals surface area contributed by atoms with E-state index in [2.05, 4.69) is 53.8 Å². The van der Waals surface area contributed by atoms with Crippen LogP contribution in [0.25, 0.3) is 11.0 Å². The molecule has 0 saturated heterocycles. The van der Waals surface area contributed by atoms with Crippen molar-refractivity contribution in [2.75, 3.05) is 7.05 Å². The van der Waals surface area contributed by atoms with Crippen LogP contribution in [0.4, 0.5) is 0 Å². The first kappa shape index (κ1) is 14.5. The summed E-state index contributed by atoms with van der Waals surface area (Å²) < 4.78 is 2.16. The number of aromatic nitrogens is 2. The molecule has 2 atom stereocenters. The van der Waals surface area contributed by atoms with E-state index in [-0.39, 0.29) is 6.04 Å². The summed E-state index contributed by atoms with van der Waals surface area (Å²) in [6.07, 6.45) is 2.61. The van der Waals surface area contributed by atoms with Crippen molar-refractivity contribution in [2.24, 2.45) is 0 Å². The number of fused-ring (bicyclic) bond motifs is 1. The summed E-state index contributed by atoms with van der Waals surface area (Å²) in [5, 5.41) is 12.4. The fourth-order valence-corrected chi connectivity index (χ4v) is 2.53. The summed E-state index contributed by atoms with van der Waals surface area (Å²) in [4.78, 5) is 4.48. The second kappa shape index (κ2) is 5.26. The maximum Gasteiger partial charge on any atom is 0.105 e. The summed E-state index contributed by atoms with van der Waals surface area (Å²) in [7, 11) is 1.83. The summed E-state index contributed by atoms with van der Waals surface area (Å²) in [6, 6.07) is 6.85. The standard InChI is InChI=1S/C16H22N4/c1-11-6-14-15(7-12(11)2)20(10-19-14)13(3)8-16(4,9-17)18-5/h6-7,10,13,18H,8H2,1-5H3. The highest BCUT2D eigenvalue weighted by molar-refractivity contribution is 5.77. The first-order valence-electron chi connectivity index (χ1n) is 6.94. The fraction of sp³-hybridized carbons (Fsp3) is 0.500. The van der Waals surface area contributed by atoms with Crippen LogP contribution in [0, 0.1) is 25.2 Å². The zero-order valence-electron chi connectivity index (χ0n) is 12.9. The van der Waals surface area contributed by atoms with Crippen LogP contribution in [0.2, 0.25) is 0 Å². The lowest BCUT2D eigenvalue weighted by molar-refractivity contribution is 0.372. The second-order valence-corrected chi connectivity index (χ2v) is 5.82. The van der Waals surface area contributed by atoms with E-state index in [4.69, 9.17) is 0 Å². The Kier molecular flexibility index (Phi) is 3.82. The molecule has 0 amide bonds. The SMILES string of the molecule is CNC(C)(C#N)CC(C)n1cnc2cc(C)c(C)cc21. The molecule has 4 heteroatoms. The first-order valence-corrected chi connectivity index (χ1v) is 6.94. The summed E-state index contributed by atoms with van der Waals surface area (Å²) in [6.45, 7) is 8.27. The molecule has 0 saturated carbocycles. The maximum absolute atomic E-state index is 9.29. The minimum atomic E-state index is -0.518. The van der Waals surface area contributed by atoms with Gasteiger partial charge in [0.2, 0.25) is 0 Å². The van der Waals surface area contributed by atoms with Crippen molar-refractivity contribution < 1.29 is 0 Å². The largest absolute Gasteiger partial charge is 0.328 e. The lowest BCUT2D eigenvalue weighted by Gasteiger charge is -2.25. The number of aryl methyl sites for hydroxylation is 2. The number of rotatable bonds is 4. The average Bonchev–Trinajstić information content (AvgIpc) is 2.82. The third-order valence-corrected chi connectivity index (χ3v) is 4.17. The Morgan fingerprint density at radius 3 is 2.65 bits per heavy atom. The summed E-state index contributed by atoms with van der Waals surface area (Å²) in [5.41, 5.74) is 4.16. The van der Waals surface area contributed by atoms with Gasteiger partial charge in [0.25, 0.3) is 0 Å². The van der Waals surface area contributed by atoms with Gasteiger partial charge in [0.15, 0.2) is 0 Å². The van der Waals surface area contributed by atoms with E-state index in [9.17, 15) is 5.26 Å². The minimum Gasteiger partial charge on any atom is -0.328 e. The van der Waals surface area contributed by atoms with Gasteiger partial charge in [-0.05, 0) is 64.4 Å². The summed E-state index contributed by atoms with van der Waals surface area (Å²) in [5.74, 6) is 0. The van der Waals surface area contributed by atoms with Crippen LogP contribution in [0.5, 0.6) is 0 Å². The van der Waals surface area contributed by atoms with Gasteiger partial charge in [-0.3, -0.25) is 0 Å². The molecular formula is C16H22N4. The van der Waals surface area contributed by atoms with Crippen LogP contribution < -0.4 is 5.32 Å². The maximum atomic E-state index is 9.29. The molecular weight excluding hydrogens is 248 g/mol. The molecule has 0 bridgehead atoms. The summed E-state index contributed by atoms with van der Waals surface area (Å²) >= 11 is 0. The number of benzene rings is 1. The Morgan fingerprint density at radius 1 is 1.40 bits per heavy atom. The van der Waals surface area contributed by atoms with E-state index < -0.39 is 5.54 Å². The normalized spacial score (nSPS) is 15.8. The molecule has 4 nitrogen and oxygen atoms in total. The smallest absolute Gasteiger partial charge is 0.105 e. The van der Waals surface area contributed by atoms with E-state index in [0.29, 0.717) is 0 Å². The van der Waals surface area contributed by atoms with Crippen molar-refractivity contribution >= 4 is 11.0 Å². The molecule has 2 rings (SSSR count). The van der Waals surface area contributed by atoms with Crippen LogP contribution in [0.1, 0.15) is 37.4 Å². The van der Waals surface area contributed by atoms with Crippen molar-refractivity contribution in [3.05, 3.63) is 29.6 Å². The zero-order chi connectivity index (χ0) is 14.9. The first-order chi connectivity index (χ1) is 9.40. The lowest BCUT2D eigenvalue weighted by atomic mass is 9.95. The van der Waals surface area contributed by atoms with Gasteiger partial charge in [-0.15, -0.1) is 0 Å². The van der Waals surface area contributed by atoms with Crippen molar-refractivity contribution in [1.82, 2.24) is 14.9 Å². The molecule has 20 heavy (non-hydrogen) atoms. The Bertz CT molecular complexity index is 665. The molecule has 106 valence electrons. The lowest BCUT2D eigenvalue weighted by Crippen LogP contribution is -2.39. The van der Waals surface area contributed by atoms with E-state index in [0.717, 1.165) is 17.5 Å². The molecule has 2 unspecified atom stereocenters. The molecule has 0 aliphatic carbocycles. The topological polar surface area (TPSA) is 53.6 Å². The Balaban J connectivity index is 2.39. The van der Waals surface area contributed by atoms with E-state index in [1.807, 2.05) is 20.3 Å². The van der Waals surface area contributed by atoms with Crippen molar-refractivity contribution in [2.45, 2.75) is 45.7 Å². The number of imidazole rings is 1. The van der Waals surface area contributed by atoms with Crippen molar-refractivity contribution in [3.8, 4) is 6.07 Å². The molecule has 1 heterocycles. The molecule has 0 fully saturated rings. The highest BCUT2D eigenvalue weighted by Crippen LogP contribution is 2.26. The van der Waals surface area contributed by atoms with Gasteiger partial charge >= 0.3 is 0 Å². The molecule has 1 aromatic carbocycles. The van der Waals surface area contributed by atoms with Crippen LogP contribution in [0.15, 0.2) is 18.5 Å². The zero-order valence-corrected chi connectivity index (χ0v) is 12.9.